The van der Waals surface area contributed by atoms with E-state index in [9.17, 15) is 0 Å². The Morgan fingerprint density at radius 3 is 2.60 bits per heavy atom. The fourth-order valence-electron chi connectivity index (χ4n) is 1.96. The Labute approximate surface area is 93.8 Å². The summed E-state index contributed by atoms with van der Waals surface area (Å²) in [7, 11) is -2.33. The van der Waals surface area contributed by atoms with Crippen LogP contribution in [-0.4, -0.2) is 28.1 Å². The molecular formula is C11H22O3Si. The van der Waals surface area contributed by atoms with Crippen molar-refractivity contribution in [3.05, 3.63) is 12.7 Å². The van der Waals surface area contributed by atoms with Crippen LogP contribution in [0.15, 0.2) is 12.7 Å². The fourth-order valence-corrected chi connectivity index (χ4v) is 4.83. The van der Waals surface area contributed by atoms with Gasteiger partial charge < -0.3 is 13.3 Å². The van der Waals surface area contributed by atoms with Gasteiger partial charge in [-0.05, 0) is 33.1 Å². The topological polar surface area (TPSA) is 27.7 Å². The number of hydrogen-bond acceptors (Lipinski definition) is 3. The Morgan fingerprint density at radius 2 is 2.07 bits per heavy atom. The van der Waals surface area contributed by atoms with E-state index < -0.39 is 8.80 Å². The SMILES string of the molecule is C=CCC1CCC[Si](OCC)(OCC)O1. The van der Waals surface area contributed by atoms with Crippen molar-refractivity contribution in [2.75, 3.05) is 13.2 Å². The van der Waals surface area contributed by atoms with Gasteiger partial charge in [-0.2, -0.15) is 0 Å². The van der Waals surface area contributed by atoms with Gasteiger partial charge in [-0.3, -0.25) is 0 Å². The Balaban J connectivity index is 2.57. The first kappa shape index (κ1) is 12.9. The molecule has 1 saturated heterocycles. The lowest BCUT2D eigenvalue weighted by atomic mass is 10.1. The number of hydrogen-bond donors (Lipinski definition) is 0. The molecule has 3 nitrogen and oxygen atoms in total. The third-order valence-electron chi connectivity index (χ3n) is 2.51. The van der Waals surface area contributed by atoms with Crippen LogP contribution in [0.2, 0.25) is 6.04 Å². The molecule has 0 aliphatic carbocycles. The van der Waals surface area contributed by atoms with Gasteiger partial charge in [-0.1, -0.05) is 6.08 Å². The van der Waals surface area contributed by atoms with Crippen LogP contribution in [0, 0.1) is 0 Å². The second kappa shape index (κ2) is 6.43. The van der Waals surface area contributed by atoms with E-state index in [0.29, 0.717) is 13.2 Å². The van der Waals surface area contributed by atoms with Crippen molar-refractivity contribution < 1.29 is 13.3 Å². The monoisotopic (exact) mass is 230 g/mol. The zero-order chi connectivity index (χ0) is 11.1. The Hall–Kier alpha value is -0.163. The summed E-state index contributed by atoms with van der Waals surface area (Å²) in [5.74, 6) is 0. The van der Waals surface area contributed by atoms with Gasteiger partial charge in [0.2, 0.25) is 0 Å². The van der Waals surface area contributed by atoms with Gasteiger partial charge in [0.1, 0.15) is 0 Å². The summed E-state index contributed by atoms with van der Waals surface area (Å²) in [6, 6.07) is 0.961. The Morgan fingerprint density at radius 1 is 1.40 bits per heavy atom. The molecule has 0 spiro atoms. The molecule has 0 aromatic rings. The summed E-state index contributed by atoms with van der Waals surface area (Å²) in [5, 5.41) is 0. The minimum Gasteiger partial charge on any atom is -0.374 e. The molecule has 0 amide bonds. The highest BCUT2D eigenvalue weighted by Crippen LogP contribution is 2.29. The van der Waals surface area contributed by atoms with Crippen molar-refractivity contribution >= 4 is 8.80 Å². The minimum absolute atomic E-state index is 0.251. The maximum Gasteiger partial charge on any atom is 0.501 e. The second-order valence-corrected chi connectivity index (χ2v) is 6.38. The van der Waals surface area contributed by atoms with Gasteiger partial charge in [0.15, 0.2) is 0 Å². The first-order valence-electron chi connectivity index (χ1n) is 5.83. The molecule has 0 aromatic carbocycles. The molecule has 1 fully saturated rings. The first-order valence-corrected chi connectivity index (χ1v) is 7.76. The van der Waals surface area contributed by atoms with Crippen LogP contribution in [-0.2, 0) is 13.3 Å². The summed E-state index contributed by atoms with van der Waals surface area (Å²) in [5.41, 5.74) is 0. The highest BCUT2D eigenvalue weighted by molar-refractivity contribution is 6.60. The molecule has 1 heterocycles. The van der Waals surface area contributed by atoms with Gasteiger partial charge in [-0.15, -0.1) is 6.58 Å². The average Bonchev–Trinajstić information content (AvgIpc) is 2.19. The molecule has 1 atom stereocenters. The van der Waals surface area contributed by atoms with Gasteiger partial charge in [0.25, 0.3) is 0 Å². The van der Waals surface area contributed by atoms with Crippen molar-refractivity contribution in [2.24, 2.45) is 0 Å². The summed E-state index contributed by atoms with van der Waals surface area (Å²) in [6.45, 7) is 9.08. The largest absolute Gasteiger partial charge is 0.501 e. The quantitative estimate of drug-likeness (QED) is 0.519. The second-order valence-electron chi connectivity index (χ2n) is 3.71. The molecule has 1 aliphatic rings. The highest BCUT2D eigenvalue weighted by Gasteiger charge is 2.45. The summed E-state index contributed by atoms with van der Waals surface area (Å²) < 4.78 is 17.5. The molecule has 88 valence electrons. The van der Waals surface area contributed by atoms with Crippen molar-refractivity contribution in [1.29, 1.82) is 0 Å². The van der Waals surface area contributed by atoms with Gasteiger partial charge in [0.05, 0.1) is 6.10 Å². The molecule has 0 bridgehead atoms. The summed E-state index contributed by atoms with van der Waals surface area (Å²) in [6.07, 6.45) is 5.30. The molecule has 0 aromatic heterocycles. The van der Waals surface area contributed by atoms with E-state index in [-0.39, 0.29) is 6.10 Å². The van der Waals surface area contributed by atoms with Crippen molar-refractivity contribution in [3.63, 3.8) is 0 Å². The van der Waals surface area contributed by atoms with Crippen LogP contribution in [0.5, 0.6) is 0 Å². The zero-order valence-electron chi connectivity index (χ0n) is 9.83. The Kier molecular flexibility index (Phi) is 5.53. The van der Waals surface area contributed by atoms with Crippen molar-refractivity contribution in [3.8, 4) is 0 Å². The summed E-state index contributed by atoms with van der Waals surface area (Å²) >= 11 is 0. The number of rotatable bonds is 6. The standard InChI is InChI=1S/C11H22O3Si/c1-4-8-11-9-7-10-15(14-11,12-5-2)13-6-3/h4,11H,1,5-10H2,2-3H3. The minimum atomic E-state index is -2.33. The molecule has 0 radical (unpaired) electrons. The fraction of sp³-hybridized carbons (Fsp3) is 0.818. The third kappa shape index (κ3) is 3.72. The zero-order valence-corrected chi connectivity index (χ0v) is 10.8. The van der Waals surface area contributed by atoms with Gasteiger partial charge in [0, 0.05) is 19.3 Å². The van der Waals surface area contributed by atoms with Crippen LogP contribution in [0.4, 0.5) is 0 Å². The van der Waals surface area contributed by atoms with E-state index in [1.54, 1.807) is 0 Å². The molecule has 1 aliphatic heterocycles. The lowest BCUT2D eigenvalue weighted by Gasteiger charge is -2.36. The predicted octanol–water partition coefficient (Wildman–Crippen LogP) is 2.75. The van der Waals surface area contributed by atoms with E-state index in [1.807, 2.05) is 19.9 Å². The first-order chi connectivity index (χ1) is 7.26. The molecule has 4 heteroatoms. The normalized spacial score (nSPS) is 25.1. The van der Waals surface area contributed by atoms with E-state index in [2.05, 4.69) is 6.58 Å². The molecular weight excluding hydrogens is 208 g/mol. The molecule has 0 N–H and O–H groups in total. The molecule has 1 rings (SSSR count). The van der Waals surface area contributed by atoms with Gasteiger partial charge >= 0.3 is 8.80 Å². The maximum absolute atomic E-state index is 6.02. The summed E-state index contributed by atoms with van der Waals surface area (Å²) in [4.78, 5) is 0. The average molecular weight is 230 g/mol. The molecule has 0 saturated carbocycles. The van der Waals surface area contributed by atoms with Crippen molar-refractivity contribution in [1.82, 2.24) is 0 Å². The van der Waals surface area contributed by atoms with Crippen LogP contribution in [0.3, 0.4) is 0 Å². The predicted molar refractivity (Wildman–Crippen MR) is 62.7 cm³/mol. The van der Waals surface area contributed by atoms with Crippen molar-refractivity contribution in [2.45, 2.75) is 45.3 Å². The van der Waals surface area contributed by atoms with Gasteiger partial charge in [-0.25, -0.2) is 0 Å². The lowest BCUT2D eigenvalue weighted by Crippen LogP contribution is -2.50. The molecule has 15 heavy (non-hydrogen) atoms. The van der Waals surface area contributed by atoms with E-state index in [4.69, 9.17) is 13.3 Å². The smallest absolute Gasteiger partial charge is 0.374 e. The molecule has 1 unspecified atom stereocenters. The van der Waals surface area contributed by atoms with E-state index in [1.165, 1.54) is 0 Å². The van der Waals surface area contributed by atoms with E-state index in [0.717, 1.165) is 25.3 Å². The van der Waals surface area contributed by atoms with E-state index >= 15 is 0 Å². The highest BCUT2D eigenvalue weighted by atomic mass is 28.4. The van der Waals surface area contributed by atoms with Crippen LogP contribution < -0.4 is 0 Å². The Bertz CT molecular complexity index is 185. The van der Waals surface area contributed by atoms with Crippen LogP contribution >= 0.6 is 0 Å². The van der Waals surface area contributed by atoms with Crippen LogP contribution in [0.1, 0.15) is 33.1 Å². The lowest BCUT2D eigenvalue weighted by molar-refractivity contribution is 0.0147. The maximum atomic E-state index is 6.02. The van der Waals surface area contributed by atoms with Crippen LogP contribution in [0.25, 0.3) is 0 Å². The third-order valence-corrected chi connectivity index (χ3v) is 5.63.